The van der Waals surface area contributed by atoms with Gasteiger partial charge in [-0.15, -0.1) is 0 Å². The molecule has 1 aromatic carbocycles. The van der Waals surface area contributed by atoms with E-state index in [-0.39, 0.29) is 0 Å². The number of nitrogens with zero attached hydrogens (tertiary/aromatic N) is 5. The Hall–Kier alpha value is -2.15. The van der Waals surface area contributed by atoms with Gasteiger partial charge in [0.15, 0.2) is 0 Å². The molecule has 2 aliphatic rings. The second-order valence-electron chi connectivity index (χ2n) is 8.97. The molecule has 158 valence electrons. The average molecular weight is 426 g/mol. The molecule has 2 fully saturated rings. The van der Waals surface area contributed by atoms with Crippen LogP contribution >= 0.6 is 11.6 Å². The number of likely N-dealkylation sites (tertiary alicyclic amines) is 2. The molecule has 0 aliphatic carbocycles. The van der Waals surface area contributed by atoms with E-state index in [0.29, 0.717) is 10.6 Å². The normalized spacial score (nSPS) is 18.9. The molecule has 2 aromatic heterocycles. The fraction of sp³-hybridized carbons (Fsp3) is 0.478. The summed E-state index contributed by atoms with van der Waals surface area (Å²) in [6, 6.07) is 12.7. The molecular weight excluding hydrogens is 398 g/mol. The standard InChI is InChI=1S/C23H28ClN5O/c1-17-12-20(26-30-17)21-19(22(24)27(2)25-21)13-28-11-9-23(14-28)15-29(16-23)10-8-18-6-4-3-5-7-18/h3-7,12H,8-11,13-16H2,1-2H3. The molecular formula is C23H28ClN5O. The topological polar surface area (TPSA) is 50.3 Å². The fourth-order valence-corrected chi connectivity index (χ4v) is 5.20. The average Bonchev–Trinajstić information content (AvgIpc) is 3.41. The first-order valence-corrected chi connectivity index (χ1v) is 11.0. The van der Waals surface area contributed by atoms with Gasteiger partial charge in [-0.25, -0.2) is 0 Å². The number of benzene rings is 1. The fourth-order valence-electron chi connectivity index (χ4n) is 5.01. The molecule has 3 aromatic rings. The van der Waals surface area contributed by atoms with Crippen LogP contribution in [0.15, 0.2) is 40.9 Å². The van der Waals surface area contributed by atoms with E-state index < -0.39 is 0 Å². The highest BCUT2D eigenvalue weighted by Crippen LogP contribution is 2.41. The highest BCUT2D eigenvalue weighted by Gasteiger charge is 2.47. The van der Waals surface area contributed by atoms with Crippen LogP contribution in [0, 0.1) is 12.3 Å². The number of rotatable bonds is 6. The van der Waals surface area contributed by atoms with E-state index in [0.717, 1.165) is 55.3 Å². The summed E-state index contributed by atoms with van der Waals surface area (Å²) in [5, 5.41) is 9.44. The van der Waals surface area contributed by atoms with Crippen LogP contribution in [0.2, 0.25) is 5.15 Å². The summed E-state index contributed by atoms with van der Waals surface area (Å²) in [6.45, 7) is 8.48. The number of aromatic nitrogens is 3. The Morgan fingerprint density at radius 3 is 2.63 bits per heavy atom. The minimum Gasteiger partial charge on any atom is -0.361 e. The second kappa shape index (κ2) is 7.84. The van der Waals surface area contributed by atoms with Gasteiger partial charge in [0.2, 0.25) is 0 Å². The van der Waals surface area contributed by atoms with Crippen molar-refractivity contribution in [3.05, 3.63) is 58.4 Å². The van der Waals surface area contributed by atoms with E-state index in [9.17, 15) is 0 Å². The quantitative estimate of drug-likeness (QED) is 0.601. The Morgan fingerprint density at radius 1 is 1.13 bits per heavy atom. The lowest BCUT2D eigenvalue weighted by molar-refractivity contribution is 0.00903. The van der Waals surface area contributed by atoms with Gasteiger partial charge in [0.1, 0.15) is 22.3 Å². The van der Waals surface area contributed by atoms with Crippen molar-refractivity contribution < 1.29 is 4.52 Å². The van der Waals surface area contributed by atoms with Gasteiger partial charge < -0.3 is 9.42 Å². The highest BCUT2D eigenvalue weighted by molar-refractivity contribution is 6.30. The van der Waals surface area contributed by atoms with Crippen LogP contribution in [0.3, 0.4) is 0 Å². The maximum atomic E-state index is 6.60. The lowest BCUT2D eigenvalue weighted by atomic mass is 9.79. The minimum absolute atomic E-state index is 0.440. The van der Waals surface area contributed by atoms with Gasteiger partial charge in [-0.05, 0) is 31.9 Å². The lowest BCUT2D eigenvalue weighted by Gasteiger charge is -2.48. The zero-order chi connectivity index (χ0) is 20.7. The molecule has 7 heteroatoms. The van der Waals surface area contributed by atoms with Crippen LogP contribution in [0.1, 0.15) is 23.3 Å². The third kappa shape index (κ3) is 3.80. The highest BCUT2D eigenvalue weighted by atomic mass is 35.5. The second-order valence-corrected chi connectivity index (χ2v) is 9.33. The Morgan fingerprint density at radius 2 is 1.90 bits per heavy atom. The summed E-state index contributed by atoms with van der Waals surface area (Å²) < 4.78 is 6.99. The zero-order valence-corrected chi connectivity index (χ0v) is 18.4. The lowest BCUT2D eigenvalue weighted by Crippen LogP contribution is -2.57. The predicted molar refractivity (Wildman–Crippen MR) is 117 cm³/mol. The first kappa shape index (κ1) is 19.8. The summed E-state index contributed by atoms with van der Waals surface area (Å²) in [5.41, 5.74) is 4.50. The molecule has 0 radical (unpaired) electrons. The largest absolute Gasteiger partial charge is 0.361 e. The van der Waals surface area contributed by atoms with Gasteiger partial charge >= 0.3 is 0 Å². The third-order valence-electron chi connectivity index (χ3n) is 6.52. The smallest absolute Gasteiger partial charge is 0.134 e. The van der Waals surface area contributed by atoms with E-state index in [4.69, 9.17) is 16.1 Å². The summed E-state index contributed by atoms with van der Waals surface area (Å²) in [6.07, 6.45) is 2.39. The van der Waals surface area contributed by atoms with Crippen molar-refractivity contribution in [2.24, 2.45) is 12.5 Å². The first-order chi connectivity index (χ1) is 14.5. The molecule has 0 amide bonds. The van der Waals surface area contributed by atoms with Crippen molar-refractivity contribution in [3.8, 4) is 11.4 Å². The molecule has 1 spiro atoms. The van der Waals surface area contributed by atoms with Crippen LogP contribution in [0.4, 0.5) is 0 Å². The van der Waals surface area contributed by atoms with Crippen molar-refractivity contribution in [2.45, 2.75) is 26.3 Å². The van der Waals surface area contributed by atoms with Crippen molar-refractivity contribution in [3.63, 3.8) is 0 Å². The molecule has 2 aliphatic heterocycles. The van der Waals surface area contributed by atoms with E-state index >= 15 is 0 Å². The molecule has 0 N–H and O–H groups in total. The molecule has 2 saturated heterocycles. The van der Waals surface area contributed by atoms with Crippen LogP contribution < -0.4 is 0 Å². The van der Waals surface area contributed by atoms with Crippen molar-refractivity contribution in [2.75, 3.05) is 32.7 Å². The van der Waals surface area contributed by atoms with Gasteiger partial charge in [-0.3, -0.25) is 9.58 Å². The van der Waals surface area contributed by atoms with Crippen LogP contribution in [0.25, 0.3) is 11.4 Å². The summed E-state index contributed by atoms with van der Waals surface area (Å²) in [7, 11) is 1.88. The maximum Gasteiger partial charge on any atom is 0.134 e. The summed E-state index contributed by atoms with van der Waals surface area (Å²) in [5.74, 6) is 0.780. The Balaban J connectivity index is 1.20. The number of aryl methyl sites for hydroxylation is 2. The Labute approximate surface area is 182 Å². The minimum atomic E-state index is 0.440. The van der Waals surface area contributed by atoms with Crippen LogP contribution in [-0.4, -0.2) is 57.5 Å². The van der Waals surface area contributed by atoms with Gasteiger partial charge in [-0.1, -0.05) is 47.1 Å². The molecule has 0 atom stereocenters. The zero-order valence-electron chi connectivity index (χ0n) is 17.6. The molecule has 4 heterocycles. The molecule has 0 bridgehead atoms. The number of halogens is 1. The van der Waals surface area contributed by atoms with Crippen molar-refractivity contribution >= 4 is 11.6 Å². The Kier molecular flexibility index (Phi) is 5.17. The predicted octanol–water partition coefficient (Wildman–Crippen LogP) is 3.79. The van der Waals surface area contributed by atoms with Crippen LogP contribution in [0.5, 0.6) is 0 Å². The van der Waals surface area contributed by atoms with E-state index in [1.807, 2.05) is 20.0 Å². The van der Waals surface area contributed by atoms with Crippen LogP contribution in [-0.2, 0) is 20.0 Å². The number of hydrogen-bond donors (Lipinski definition) is 0. The summed E-state index contributed by atoms with van der Waals surface area (Å²) in [4.78, 5) is 5.12. The molecule has 6 nitrogen and oxygen atoms in total. The van der Waals surface area contributed by atoms with Gasteiger partial charge in [-0.2, -0.15) is 5.10 Å². The number of hydrogen-bond acceptors (Lipinski definition) is 5. The molecule has 5 rings (SSSR count). The monoisotopic (exact) mass is 425 g/mol. The van der Waals surface area contributed by atoms with Crippen molar-refractivity contribution in [1.82, 2.24) is 24.7 Å². The van der Waals surface area contributed by atoms with Gasteiger partial charge in [0.05, 0.1) is 0 Å². The summed E-state index contributed by atoms with van der Waals surface area (Å²) >= 11 is 6.60. The van der Waals surface area contributed by atoms with Crippen molar-refractivity contribution in [1.29, 1.82) is 0 Å². The molecule has 0 unspecified atom stereocenters. The molecule has 30 heavy (non-hydrogen) atoms. The van der Waals surface area contributed by atoms with E-state index in [1.54, 1.807) is 4.68 Å². The Bertz CT molecular complexity index is 1020. The first-order valence-electron chi connectivity index (χ1n) is 10.7. The molecule has 0 saturated carbocycles. The van der Waals surface area contributed by atoms with Gasteiger partial charge in [0.25, 0.3) is 0 Å². The third-order valence-corrected chi connectivity index (χ3v) is 6.99. The maximum absolute atomic E-state index is 6.60. The van der Waals surface area contributed by atoms with E-state index in [1.165, 1.54) is 25.1 Å². The SMILES string of the molecule is Cc1cc(-c2nn(C)c(Cl)c2CN2CCC3(C2)CN(CCc2ccccc2)C3)no1. The van der Waals surface area contributed by atoms with Gasteiger partial charge in [0, 0.05) is 56.8 Å². The van der Waals surface area contributed by atoms with E-state index in [2.05, 4.69) is 50.4 Å².